The van der Waals surface area contributed by atoms with Crippen LogP contribution in [0.25, 0.3) is 0 Å². The van der Waals surface area contributed by atoms with E-state index in [1.807, 2.05) is 32.3 Å². The molecule has 0 spiro atoms. The van der Waals surface area contributed by atoms with Gasteiger partial charge in [-0.25, -0.2) is 0 Å². The van der Waals surface area contributed by atoms with Gasteiger partial charge in [-0.05, 0) is 38.1 Å². The molecule has 30 heavy (non-hydrogen) atoms. The molecule has 0 unspecified atom stereocenters. The van der Waals surface area contributed by atoms with Gasteiger partial charge in [0.2, 0.25) is 0 Å². The van der Waals surface area contributed by atoms with Crippen LogP contribution in [0.5, 0.6) is 11.5 Å². The molecule has 0 amide bonds. The molecule has 1 aliphatic rings. The molecular weight excluding hydrogens is 493 g/mol. The van der Waals surface area contributed by atoms with Crippen molar-refractivity contribution in [3.8, 4) is 11.5 Å². The van der Waals surface area contributed by atoms with Gasteiger partial charge in [0.25, 0.3) is 0 Å². The fourth-order valence-electron chi connectivity index (χ4n) is 3.69. The second-order valence-corrected chi connectivity index (χ2v) is 7.49. The highest BCUT2D eigenvalue weighted by Crippen LogP contribution is 2.25. The summed E-state index contributed by atoms with van der Waals surface area (Å²) in [5.74, 6) is 2.53. The summed E-state index contributed by atoms with van der Waals surface area (Å²) >= 11 is 0. The standard InChI is InChI=1S/C22H39N5O2.HI/c1-6-26-13-15-27(16-14-26)12-8-7-11-24-22(23-2)25(3)18-19-9-10-20(28-4)17-21(19)29-5;/h9-10,17H,6-8,11-16,18H2,1-5H3,(H,23,24);1H. The highest BCUT2D eigenvalue weighted by Gasteiger charge is 2.15. The largest absolute Gasteiger partial charge is 0.497 e. The molecule has 7 nitrogen and oxygen atoms in total. The summed E-state index contributed by atoms with van der Waals surface area (Å²) in [7, 11) is 7.23. The summed E-state index contributed by atoms with van der Waals surface area (Å²) in [6.07, 6.45) is 2.36. The second-order valence-electron chi connectivity index (χ2n) is 7.49. The third kappa shape index (κ3) is 8.47. The number of aliphatic imine (C=N–C) groups is 1. The van der Waals surface area contributed by atoms with Gasteiger partial charge < -0.3 is 29.5 Å². The Balaban J connectivity index is 0.00000450. The maximum Gasteiger partial charge on any atom is 0.193 e. The van der Waals surface area contributed by atoms with Crippen molar-refractivity contribution in [1.82, 2.24) is 20.0 Å². The molecule has 1 heterocycles. The van der Waals surface area contributed by atoms with Crippen LogP contribution in [0.1, 0.15) is 25.3 Å². The average Bonchev–Trinajstić information content (AvgIpc) is 2.76. The number of likely N-dealkylation sites (N-methyl/N-ethyl adjacent to an activating group) is 1. The van der Waals surface area contributed by atoms with Crippen molar-refractivity contribution in [2.24, 2.45) is 4.99 Å². The highest BCUT2D eigenvalue weighted by molar-refractivity contribution is 14.0. The van der Waals surface area contributed by atoms with Crippen LogP contribution in [0.4, 0.5) is 0 Å². The van der Waals surface area contributed by atoms with Crippen LogP contribution in [-0.2, 0) is 6.54 Å². The van der Waals surface area contributed by atoms with Crippen LogP contribution in [-0.4, -0.2) is 94.8 Å². The smallest absolute Gasteiger partial charge is 0.193 e. The molecule has 0 aliphatic carbocycles. The molecule has 1 aromatic rings. The number of hydrogen-bond donors (Lipinski definition) is 1. The lowest BCUT2D eigenvalue weighted by Gasteiger charge is -2.34. The number of halogens is 1. The van der Waals surface area contributed by atoms with E-state index >= 15 is 0 Å². The van der Waals surface area contributed by atoms with Gasteiger partial charge in [-0.3, -0.25) is 4.99 Å². The molecule has 1 fully saturated rings. The number of hydrogen-bond acceptors (Lipinski definition) is 5. The van der Waals surface area contributed by atoms with Crippen LogP contribution in [0.2, 0.25) is 0 Å². The predicted octanol–water partition coefficient (Wildman–Crippen LogP) is 2.75. The lowest BCUT2D eigenvalue weighted by molar-refractivity contribution is 0.136. The van der Waals surface area contributed by atoms with Gasteiger partial charge in [0.1, 0.15) is 11.5 Å². The number of piperazine rings is 1. The summed E-state index contributed by atoms with van der Waals surface area (Å²) in [5, 5.41) is 3.49. The Bertz CT molecular complexity index is 636. The lowest BCUT2D eigenvalue weighted by atomic mass is 10.2. The maximum absolute atomic E-state index is 5.51. The van der Waals surface area contributed by atoms with Crippen molar-refractivity contribution in [3.63, 3.8) is 0 Å². The van der Waals surface area contributed by atoms with Crippen molar-refractivity contribution >= 4 is 29.9 Å². The van der Waals surface area contributed by atoms with Crippen LogP contribution in [0.15, 0.2) is 23.2 Å². The van der Waals surface area contributed by atoms with Crippen molar-refractivity contribution < 1.29 is 9.47 Å². The first-order chi connectivity index (χ1) is 14.1. The number of methoxy groups -OCH3 is 2. The minimum atomic E-state index is 0. The van der Waals surface area contributed by atoms with E-state index in [1.54, 1.807) is 14.2 Å². The summed E-state index contributed by atoms with van der Waals surface area (Å²) < 4.78 is 10.8. The van der Waals surface area contributed by atoms with Gasteiger partial charge in [-0.2, -0.15) is 0 Å². The number of nitrogens with one attached hydrogen (secondary N) is 1. The predicted molar refractivity (Wildman–Crippen MR) is 136 cm³/mol. The zero-order valence-electron chi connectivity index (χ0n) is 19.3. The number of rotatable bonds is 10. The molecule has 172 valence electrons. The fraction of sp³-hybridized carbons (Fsp3) is 0.682. The Morgan fingerprint density at radius 3 is 2.40 bits per heavy atom. The monoisotopic (exact) mass is 533 g/mol. The molecule has 0 aromatic heterocycles. The van der Waals surface area contributed by atoms with Gasteiger partial charge in [0.15, 0.2) is 5.96 Å². The first-order valence-electron chi connectivity index (χ1n) is 10.7. The van der Waals surface area contributed by atoms with E-state index in [2.05, 4.69) is 31.9 Å². The second kappa shape index (κ2) is 14.7. The topological polar surface area (TPSA) is 52.6 Å². The van der Waals surface area contributed by atoms with E-state index in [0.717, 1.165) is 36.0 Å². The van der Waals surface area contributed by atoms with E-state index in [9.17, 15) is 0 Å². The summed E-state index contributed by atoms with van der Waals surface area (Å²) in [6.45, 7) is 11.1. The Labute approximate surface area is 199 Å². The third-order valence-electron chi connectivity index (χ3n) is 5.57. The molecule has 1 N–H and O–H groups in total. The zero-order valence-corrected chi connectivity index (χ0v) is 21.6. The molecule has 0 atom stereocenters. The number of benzene rings is 1. The average molecular weight is 533 g/mol. The molecule has 1 saturated heterocycles. The Kier molecular flexibility index (Phi) is 13.1. The SMILES string of the molecule is CCN1CCN(CCCCNC(=NC)N(C)Cc2ccc(OC)cc2OC)CC1.I. The number of unbranched alkanes of at least 4 members (excludes halogenated alkanes) is 1. The molecule has 1 aliphatic heterocycles. The quantitative estimate of drug-likeness (QED) is 0.216. The molecule has 8 heteroatoms. The first-order valence-corrected chi connectivity index (χ1v) is 10.7. The van der Waals surface area contributed by atoms with E-state index in [4.69, 9.17) is 9.47 Å². The minimum Gasteiger partial charge on any atom is -0.497 e. The number of nitrogens with zero attached hydrogens (tertiary/aromatic N) is 4. The normalized spacial score (nSPS) is 15.4. The van der Waals surface area contributed by atoms with Crippen molar-refractivity contribution in [1.29, 1.82) is 0 Å². The Hall–Kier alpha value is -1.26. The van der Waals surface area contributed by atoms with E-state index in [0.29, 0.717) is 6.54 Å². The van der Waals surface area contributed by atoms with Crippen LogP contribution >= 0.6 is 24.0 Å². The van der Waals surface area contributed by atoms with Crippen LogP contribution in [0, 0.1) is 0 Å². The summed E-state index contributed by atoms with van der Waals surface area (Å²) in [4.78, 5) is 11.7. The number of guanidine groups is 1. The van der Waals surface area contributed by atoms with E-state index in [1.165, 1.54) is 45.7 Å². The van der Waals surface area contributed by atoms with Gasteiger partial charge in [-0.1, -0.05) is 6.92 Å². The number of ether oxygens (including phenoxy) is 2. The van der Waals surface area contributed by atoms with Gasteiger partial charge >= 0.3 is 0 Å². The van der Waals surface area contributed by atoms with Crippen LogP contribution in [0.3, 0.4) is 0 Å². The summed E-state index contributed by atoms with van der Waals surface area (Å²) in [6, 6.07) is 5.92. The van der Waals surface area contributed by atoms with Crippen molar-refractivity contribution in [2.75, 3.05) is 74.1 Å². The molecule has 2 rings (SSSR count). The van der Waals surface area contributed by atoms with Crippen molar-refractivity contribution in [3.05, 3.63) is 23.8 Å². The van der Waals surface area contributed by atoms with Crippen molar-refractivity contribution in [2.45, 2.75) is 26.3 Å². The Morgan fingerprint density at radius 1 is 1.10 bits per heavy atom. The zero-order chi connectivity index (χ0) is 21.1. The van der Waals surface area contributed by atoms with E-state index < -0.39 is 0 Å². The molecule has 0 saturated carbocycles. The van der Waals surface area contributed by atoms with Gasteiger partial charge in [0.05, 0.1) is 14.2 Å². The third-order valence-corrected chi connectivity index (χ3v) is 5.57. The Morgan fingerprint density at radius 2 is 1.80 bits per heavy atom. The van der Waals surface area contributed by atoms with Gasteiger partial charge in [0, 0.05) is 65.0 Å². The maximum atomic E-state index is 5.51. The highest BCUT2D eigenvalue weighted by atomic mass is 127. The fourth-order valence-corrected chi connectivity index (χ4v) is 3.69. The molecular formula is C22H40IN5O2. The summed E-state index contributed by atoms with van der Waals surface area (Å²) in [5.41, 5.74) is 1.10. The van der Waals surface area contributed by atoms with E-state index in [-0.39, 0.29) is 24.0 Å². The molecule has 0 radical (unpaired) electrons. The molecule has 1 aromatic carbocycles. The minimum absolute atomic E-state index is 0. The van der Waals surface area contributed by atoms with Crippen LogP contribution < -0.4 is 14.8 Å². The first kappa shape index (κ1) is 26.8. The molecule has 0 bridgehead atoms. The lowest BCUT2D eigenvalue weighted by Crippen LogP contribution is -2.46. The van der Waals surface area contributed by atoms with Gasteiger partial charge in [-0.15, -0.1) is 24.0 Å².